The summed E-state index contributed by atoms with van der Waals surface area (Å²) in [6, 6.07) is 6.23. The minimum atomic E-state index is -0.422. The summed E-state index contributed by atoms with van der Waals surface area (Å²) in [5.41, 5.74) is 2.96. The van der Waals surface area contributed by atoms with Crippen LogP contribution in [0.15, 0.2) is 24.3 Å². The molecule has 0 aliphatic heterocycles. The van der Waals surface area contributed by atoms with E-state index in [-0.39, 0.29) is 5.69 Å². The Morgan fingerprint density at radius 3 is 2.61 bits per heavy atom. The third-order valence-corrected chi connectivity index (χ3v) is 3.54. The van der Waals surface area contributed by atoms with Crippen molar-refractivity contribution in [3.8, 4) is 5.69 Å². The van der Waals surface area contributed by atoms with Crippen LogP contribution < -0.4 is 0 Å². The molecule has 1 aliphatic carbocycles. The molecule has 92 valence electrons. The maximum Gasteiger partial charge on any atom is 0.269 e. The maximum absolute atomic E-state index is 10.6. The van der Waals surface area contributed by atoms with E-state index in [1.165, 1.54) is 12.1 Å². The standard InChI is InChI=1S/C12H10ClN3O2/c13-12-10-2-1-3-11(10)14-15(12)8-4-6-9(7-5-8)16(17)18/h4-7H,1-3H2. The molecule has 5 nitrogen and oxygen atoms in total. The van der Waals surface area contributed by atoms with Crippen molar-refractivity contribution in [3.63, 3.8) is 0 Å². The zero-order valence-corrected chi connectivity index (χ0v) is 10.2. The number of aryl methyl sites for hydroxylation is 1. The molecule has 1 aliphatic rings. The first kappa shape index (κ1) is 11.2. The molecular weight excluding hydrogens is 254 g/mol. The molecule has 3 rings (SSSR count). The normalized spacial score (nSPS) is 13.6. The summed E-state index contributed by atoms with van der Waals surface area (Å²) in [7, 11) is 0. The van der Waals surface area contributed by atoms with Crippen LogP contribution in [0.2, 0.25) is 5.15 Å². The van der Waals surface area contributed by atoms with E-state index in [9.17, 15) is 10.1 Å². The molecule has 18 heavy (non-hydrogen) atoms. The van der Waals surface area contributed by atoms with Crippen LogP contribution in [-0.4, -0.2) is 14.7 Å². The average molecular weight is 264 g/mol. The minimum Gasteiger partial charge on any atom is -0.258 e. The fourth-order valence-electron chi connectivity index (χ4n) is 2.24. The van der Waals surface area contributed by atoms with Crippen LogP contribution in [0.1, 0.15) is 17.7 Å². The Labute approximate surface area is 108 Å². The van der Waals surface area contributed by atoms with Crippen molar-refractivity contribution in [3.05, 3.63) is 50.8 Å². The molecule has 0 N–H and O–H groups in total. The van der Waals surface area contributed by atoms with Gasteiger partial charge in [-0.25, -0.2) is 4.68 Å². The van der Waals surface area contributed by atoms with Gasteiger partial charge in [0.05, 0.1) is 16.3 Å². The number of benzene rings is 1. The predicted molar refractivity (Wildman–Crippen MR) is 67.3 cm³/mol. The van der Waals surface area contributed by atoms with Crippen LogP contribution in [0.25, 0.3) is 5.69 Å². The molecule has 0 spiro atoms. The number of rotatable bonds is 2. The van der Waals surface area contributed by atoms with Crippen LogP contribution >= 0.6 is 11.6 Å². The van der Waals surface area contributed by atoms with E-state index in [2.05, 4.69) is 5.10 Å². The van der Waals surface area contributed by atoms with Gasteiger partial charge in [0.15, 0.2) is 0 Å². The average Bonchev–Trinajstić information content (AvgIpc) is 2.93. The molecule has 0 saturated carbocycles. The van der Waals surface area contributed by atoms with Crippen molar-refractivity contribution in [1.82, 2.24) is 9.78 Å². The number of nitro benzene ring substituents is 1. The first-order chi connectivity index (χ1) is 8.66. The molecule has 0 saturated heterocycles. The van der Waals surface area contributed by atoms with Gasteiger partial charge in [0.1, 0.15) is 5.15 Å². The second-order valence-electron chi connectivity index (χ2n) is 4.25. The van der Waals surface area contributed by atoms with E-state index in [0.29, 0.717) is 5.15 Å². The zero-order chi connectivity index (χ0) is 12.7. The minimum absolute atomic E-state index is 0.0644. The number of fused-ring (bicyclic) bond motifs is 1. The fraction of sp³-hybridized carbons (Fsp3) is 0.250. The SMILES string of the molecule is O=[N+]([O-])c1ccc(-n2nc3c(c2Cl)CCC3)cc1. The second kappa shape index (κ2) is 4.10. The number of hydrogen-bond acceptors (Lipinski definition) is 3. The van der Waals surface area contributed by atoms with E-state index in [0.717, 1.165) is 36.2 Å². The van der Waals surface area contributed by atoms with Crippen LogP contribution in [0, 0.1) is 10.1 Å². The second-order valence-corrected chi connectivity index (χ2v) is 4.61. The van der Waals surface area contributed by atoms with Gasteiger partial charge in [-0.3, -0.25) is 10.1 Å². The van der Waals surface area contributed by atoms with E-state index in [1.807, 2.05) is 0 Å². The summed E-state index contributed by atoms with van der Waals surface area (Å²) in [5, 5.41) is 15.7. The van der Waals surface area contributed by atoms with Gasteiger partial charge in [-0.05, 0) is 31.4 Å². The molecule has 0 unspecified atom stereocenters. The van der Waals surface area contributed by atoms with Gasteiger partial charge in [0.2, 0.25) is 0 Å². The van der Waals surface area contributed by atoms with Crippen molar-refractivity contribution in [2.24, 2.45) is 0 Å². The summed E-state index contributed by atoms with van der Waals surface area (Å²) in [6.07, 6.45) is 3.01. The summed E-state index contributed by atoms with van der Waals surface area (Å²) < 4.78 is 1.65. The Bertz CT molecular complexity index is 619. The highest BCUT2D eigenvalue weighted by atomic mass is 35.5. The lowest BCUT2D eigenvalue weighted by Crippen LogP contribution is -1.98. The van der Waals surface area contributed by atoms with Crippen molar-refractivity contribution in [2.45, 2.75) is 19.3 Å². The van der Waals surface area contributed by atoms with Crippen molar-refractivity contribution in [1.29, 1.82) is 0 Å². The molecule has 1 aromatic heterocycles. The van der Waals surface area contributed by atoms with Crippen molar-refractivity contribution in [2.75, 3.05) is 0 Å². The number of nitro groups is 1. The molecule has 6 heteroatoms. The van der Waals surface area contributed by atoms with Gasteiger partial charge in [0.25, 0.3) is 5.69 Å². The van der Waals surface area contributed by atoms with E-state index in [4.69, 9.17) is 11.6 Å². The van der Waals surface area contributed by atoms with Crippen LogP contribution in [0.5, 0.6) is 0 Å². The lowest BCUT2D eigenvalue weighted by Gasteiger charge is -2.03. The number of nitrogens with zero attached hydrogens (tertiary/aromatic N) is 3. The molecule has 1 aromatic carbocycles. The first-order valence-corrected chi connectivity index (χ1v) is 6.05. The summed E-state index contributed by atoms with van der Waals surface area (Å²) >= 11 is 6.27. The topological polar surface area (TPSA) is 61.0 Å². The third kappa shape index (κ3) is 1.67. The van der Waals surface area contributed by atoms with E-state index >= 15 is 0 Å². The van der Waals surface area contributed by atoms with Crippen LogP contribution in [-0.2, 0) is 12.8 Å². The lowest BCUT2D eigenvalue weighted by molar-refractivity contribution is -0.384. The highest BCUT2D eigenvalue weighted by molar-refractivity contribution is 6.30. The molecule has 0 bridgehead atoms. The Morgan fingerprint density at radius 2 is 2.00 bits per heavy atom. The van der Waals surface area contributed by atoms with E-state index < -0.39 is 4.92 Å². The number of non-ortho nitro benzene ring substituents is 1. The lowest BCUT2D eigenvalue weighted by atomic mass is 10.2. The van der Waals surface area contributed by atoms with Crippen molar-refractivity contribution >= 4 is 17.3 Å². The Morgan fingerprint density at radius 1 is 1.28 bits per heavy atom. The smallest absolute Gasteiger partial charge is 0.258 e. The summed E-state index contributed by atoms with van der Waals surface area (Å²) in [6.45, 7) is 0. The highest BCUT2D eigenvalue weighted by Crippen LogP contribution is 2.30. The molecule has 0 amide bonds. The van der Waals surface area contributed by atoms with Crippen LogP contribution in [0.4, 0.5) is 5.69 Å². The largest absolute Gasteiger partial charge is 0.269 e. The number of halogens is 1. The predicted octanol–water partition coefficient (Wildman–Crippen LogP) is 2.92. The van der Waals surface area contributed by atoms with Gasteiger partial charge in [-0.15, -0.1) is 0 Å². The Kier molecular flexibility index (Phi) is 2.56. The molecule has 1 heterocycles. The third-order valence-electron chi connectivity index (χ3n) is 3.15. The van der Waals surface area contributed by atoms with Crippen molar-refractivity contribution < 1.29 is 4.92 Å². The quantitative estimate of drug-likeness (QED) is 0.618. The molecule has 0 radical (unpaired) electrons. The Hall–Kier alpha value is -1.88. The van der Waals surface area contributed by atoms with Crippen LogP contribution in [0.3, 0.4) is 0 Å². The van der Waals surface area contributed by atoms with Gasteiger partial charge in [-0.2, -0.15) is 5.10 Å². The van der Waals surface area contributed by atoms with E-state index in [1.54, 1.807) is 16.8 Å². The molecule has 0 atom stereocenters. The number of hydrogen-bond donors (Lipinski definition) is 0. The number of aromatic nitrogens is 2. The van der Waals surface area contributed by atoms with Gasteiger partial charge in [-0.1, -0.05) is 11.6 Å². The molecular formula is C12H10ClN3O2. The fourth-order valence-corrected chi connectivity index (χ4v) is 2.58. The van der Waals surface area contributed by atoms with Gasteiger partial charge < -0.3 is 0 Å². The zero-order valence-electron chi connectivity index (χ0n) is 9.47. The summed E-state index contributed by atoms with van der Waals surface area (Å²) in [5.74, 6) is 0. The Balaban J connectivity index is 2.02. The molecule has 0 fully saturated rings. The highest BCUT2D eigenvalue weighted by Gasteiger charge is 2.21. The van der Waals surface area contributed by atoms with Gasteiger partial charge in [0, 0.05) is 17.7 Å². The summed E-state index contributed by atoms with van der Waals surface area (Å²) in [4.78, 5) is 10.2. The molecule has 2 aromatic rings. The first-order valence-electron chi connectivity index (χ1n) is 5.68. The van der Waals surface area contributed by atoms with Gasteiger partial charge >= 0.3 is 0 Å². The monoisotopic (exact) mass is 263 g/mol. The maximum atomic E-state index is 10.6.